The van der Waals surface area contributed by atoms with Crippen LogP contribution in [0.1, 0.15) is 44.5 Å². The second-order valence-electron chi connectivity index (χ2n) is 5.56. The van der Waals surface area contributed by atoms with Gasteiger partial charge in [0, 0.05) is 18.7 Å². The summed E-state index contributed by atoms with van der Waals surface area (Å²) in [6, 6.07) is 5.19. The highest BCUT2D eigenvalue weighted by molar-refractivity contribution is 5.94. The number of carbonyl (C=O) groups is 1. The van der Waals surface area contributed by atoms with Gasteiger partial charge in [-0.05, 0) is 52.3 Å². The van der Waals surface area contributed by atoms with Gasteiger partial charge < -0.3 is 19.5 Å². The van der Waals surface area contributed by atoms with Gasteiger partial charge in [-0.3, -0.25) is 4.79 Å². The van der Waals surface area contributed by atoms with Crippen LogP contribution in [0.5, 0.6) is 11.5 Å². The number of benzene rings is 1. The zero-order valence-corrected chi connectivity index (χ0v) is 14.1. The molecule has 0 heterocycles. The highest BCUT2D eigenvalue weighted by atomic mass is 16.5. The van der Waals surface area contributed by atoms with E-state index in [9.17, 15) is 4.79 Å². The van der Waals surface area contributed by atoms with Crippen LogP contribution in [0.2, 0.25) is 0 Å². The standard InChI is InChI=1S/C17H27NO4/c1-12(2)21-10-6-9-18-17(19)14-7-8-15(22-13(3)4)16(11-14)20-5/h7-8,11-13H,6,9-10H2,1-5H3,(H,18,19). The molecule has 1 amide bonds. The maximum atomic E-state index is 12.1. The van der Waals surface area contributed by atoms with Gasteiger partial charge in [0.2, 0.25) is 0 Å². The van der Waals surface area contributed by atoms with Gasteiger partial charge in [-0.15, -0.1) is 0 Å². The van der Waals surface area contributed by atoms with Crippen molar-refractivity contribution >= 4 is 5.91 Å². The Balaban J connectivity index is 2.55. The zero-order chi connectivity index (χ0) is 16.5. The topological polar surface area (TPSA) is 56.8 Å². The summed E-state index contributed by atoms with van der Waals surface area (Å²) in [6.07, 6.45) is 1.05. The van der Waals surface area contributed by atoms with Gasteiger partial charge in [0.25, 0.3) is 5.91 Å². The molecule has 0 spiro atoms. The summed E-state index contributed by atoms with van der Waals surface area (Å²) >= 11 is 0. The molecule has 5 nitrogen and oxygen atoms in total. The summed E-state index contributed by atoms with van der Waals surface area (Å²) in [7, 11) is 1.56. The van der Waals surface area contributed by atoms with E-state index in [1.807, 2.05) is 27.7 Å². The summed E-state index contributed by atoms with van der Waals surface area (Å²) in [5.74, 6) is 1.07. The third-order valence-corrected chi connectivity index (χ3v) is 2.85. The summed E-state index contributed by atoms with van der Waals surface area (Å²) in [4.78, 5) is 12.1. The van der Waals surface area contributed by atoms with E-state index >= 15 is 0 Å². The molecule has 124 valence electrons. The van der Waals surface area contributed by atoms with Gasteiger partial charge in [-0.2, -0.15) is 0 Å². The van der Waals surface area contributed by atoms with Gasteiger partial charge in [-0.1, -0.05) is 0 Å². The van der Waals surface area contributed by atoms with E-state index in [1.165, 1.54) is 0 Å². The van der Waals surface area contributed by atoms with Crippen LogP contribution in [0.4, 0.5) is 0 Å². The molecule has 0 saturated carbocycles. The van der Waals surface area contributed by atoms with E-state index in [0.29, 0.717) is 30.2 Å². The highest BCUT2D eigenvalue weighted by Gasteiger charge is 2.11. The summed E-state index contributed by atoms with van der Waals surface area (Å²) < 4.78 is 16.3. The van der Waals surface area contributed by atoms with Crippen molar-refractivity contribution < 1.29 is 19.0 Å². The van der Waals surface area contributed by atoms with E-state index in [0.717, 1.165) is 6.42 Å². The van der Waals surface area contributed by atoms with E-state index < -0.39 is 0 Å². The maximum absolute atomic E-state index is 12.1. The SMILES string of the molecule is COc1cc(C(=O)NCCCOC(C)C)ccc1OC(C)C. The van der Waals surface area contributed by atoms with Gasteiger partial charge in [0.1, 0.15) is 0 Å². The smallest absolute Gasteiger partial charge is 0.251 e. The molecule has 1 N–H and O–H groups in total. The van der Waals surface area contributed by atoms with Crippen molar-refractivity contribution in [3.8, 4) is 11.5 Å². The van der Waals surface area contributed by atoms with Gasteiger partial charge in [0.15, 0.2) is 11.5 Å². The molecular formula is C17H27NO4. The van der Waals surface area contributed by atoms with Crippen LogP contribution in [0, 0.1) is 0 Å². The van der Waals surface area contributed by atoms with Crippen LogP contribution in [-0.4, -0.2) is 38.4 Å². The number of ether oxygens (including phenoxy) is 3. The van der Waals surface area contributed by atoms with Crippen molar-refractivity contribution in [2.24, 2.45) is 0 Å². The molecule has 1 aromatic rings. The lowest BCUT2D eigenvalue weighted by atomic mass is 10.2. The van der Waals surface area contributed by atoms with Crippen molar-refractivity contribution in [2.45, 2.75) is 46.3 Å². The predicted octanol–water partition coefficient (Wildman–Crippen LogP) is 3.03. The molecule has 0 aliphatic carbocycles. The monoisotopic (exact) mass is 309 g/mol. The van der Waals surface area contributed by atoms with Crippen LogP contribution in [-0.2, 0) is 4.74 Å². The van der Waals surface area contributed by atoms with Crippen LogP contribution in [0.3, 0.4) is 0 Å². The Kier molecular flexibility index (Phi) is 7.74. The van der Waals surface area contributed by atoms with Gasteiger partial charge in [-0.25, -0.2) is 0 Å². The Morgan fingerprint density at radius 1 is 1.14 bits per heavy atom. The van der Waals surface area contributed by atoms with Crippen molar-refractivity contribution in [3.63, 3.8) is 0 Å². The molecule has 0 atom stereocenters. The van der Waals surface area contributed by atoms with E-state index in [2.05, 4.69) is 5.32 Å². The van der Waals surface area contributed by atoms with Crippen molar-refractivity contribution in [3.05, 3.63) is 23.8 Å². The lowest BCUT2D eigenvalue weighted by Crippen LogP contribution is -2.25. The third kappa shape index (κ3) is 6.35. The minimum absolute atomic E-state index is 0.0505. The first kappa shape index (κ1) is 18.3. The molecule has 1 aromatic carbocycles. The molecule has 0 aliphatic rings. The number of rotatable bonds is 9. The summed E-state index contributed by atoms with van der Waals surface area (Å²) in [5.41, 5.74) is 0.553. The first-order chi connectivity index (χ1) is 10.4. The van der Waals surface area contributed by atoms with Gasteiger partial charge in [0.05, 0.1) is 19.3 Å². The Labute approximate surface area is 132 Å². The van der Waals surface area contributed by atoms with E-state index in [1.54, 1.807) is 25.3 Å². The number of amides is 1. The highest BCUT2D eigenvalue weighted by Crippen LogP contribution is 2.28. The van der Waals surface area contributed by atoms with Crippen LogP contribution in [0.25, 0.3) is 0 Å². The summed E-state index contributed by atoms with van der Waals surface area (Å²) in [6.45, 7) is 9.09. The number of hydrogen-bond acceptors (Lipinski definition) is 4. The fraction of sp³-hybridized carbons (Fsp3) is 0.588. The average molecular weight is 309 g/mol. The Morgan fingerprint density at radius 3 is 2.45 bits per heavy atom. The number of nitrogens with one attached hydrogen (secondary N) is 1. The minimum atomic E-state index is -0.126. The first-order valence-corrected chi connectivity index (χ1v) is 7.68. The third-order valence-electron chi connectivity index (χ3n) is 2.85. The largest absolute Gasteiger partial charge is 0.493 e. The summed E-state index contributed by atoms with van der Waals surface area (Å²) in [5, 5.41) is 2.87. The van der Waals surface area contributed by atoms with E-state index in [-0.39, 0.29) is 18.1 Å². The molecule has 0 fully saturated rings. The Morgan fingerprint density at radius 2 is 1.86 bits per heavy atom. The van der Waals surface area contributed by atoms with Crippen molar-refractivity contribution in [2.75, 3.05) is 20.3 Å². The molecule has 5 heteroatoms. The fourth-order valence-electron chi connectivity index (χ4n) is 1.86. The molecule has 0 aromatic heterocycles. The average Bonchev–Trinajstić information content (AvgIpc) is 2.46. The second-order valence-corrected chi connectivity index (χ2v) is 5.56. The normalized spacial score (nSPS) is 10.9. The minimum Gasteiger partial charge on any atom is -0.493 e. The van der Waals surface area contributed by atoms with Crippen molar-refractivity contribution in [1.29, 1.82) is 0 Å². The molecule has 0 saturated heterocycles. The molecule has 1 rings (SSSR count). The molecule has 0 aliphatic heterocycles. The number of methoxy groups -OCH3 is 1. The van der Waals surface area contributed by atoms with Gasteiger partial charge >= 0.3 is 0 Å². The maximum Gasteiger partial charge on any atom is 0.251 e. The van der Waals surface area contributed by atoms with Crippen LogP contribution >= 0.6 is 0 Å². The fourth-order valence-corrected chi connectivity index (χ4v) is 1.86. The molecule has 22 heavy (non-hydrogen) atoms. The predicted molar refractivity (Wildman–Crippen MR) is 86.8 cm³/mol. The lowest BCUT2D eigenvalue weighted by Gasteiger charge is -2.14. The van der Waals surface area contributed by atoms with Crippen LogP contribution in [0.15, 0.2) is 18.2 Å². The number of carbonyl (C=O) groups excluding carboxylic acids is 1. The Bertz CT molecular complexity index is 472. The molecular weight excluding hydrogens is 282 g/mol. The Hall–Kier alpha value is -1.75. The van der Waals surface area contributed by atoms with Crippen molar-refractivity contribution in [1.82, 2.24) is 5.32 Å². The lowest BCUT2D eigenvalue weighted by molar-refractivity contribution is 0.0757. The zero-order valence-electron chi connectivity index (χ0n) is 14.1. The molecule has 0 unspecified atom stereocenters. The first-order valence-electron chi connectivity index (χ1n) is 7.68. The molecule has 0 bridgehead atoms. The number of hydrogen-bond donors (Lipinski definition) is 1. The van der Waals surface area contributed by atoms with E-state index in [4.69, 9.17) is 14.2 Å². The molecule has 0 radical (unpaired) electrons. The second kappa shape index (κ2) is 9.30. The van der Waals surface area contributed by atoms with Crippen LogP contribution < -0.4 is 14.8 Å². The quantitative estimate of drug-likeness (QED) is 0.712.